The first-order valence-electron chi connectivity index (χ1n) is 13.2. The quantitative estimate of drug-likeness (QED) is 0.312. The summed E-state index contributed by atoms with van der Waals surface area (Å²) in [6.07, 6.45) is 0.612. The van der Waals surface area contributed by atoms with Gasteiger partial charge in [0.2, 0.25) is 0 Å². The van der Waals surface area contributed by atoms with Gasteiger partial charge >= 0.3 is 6.09 Å². The Hall–Kier alpha value is -1.33. The molecule has 1 aromatic heterocycles. The predicted octanol–water partition coefficient (Wildman–Crippen LogP) is 6.26. The smallest absolute Gasteiger partial charge is 0.413 e. The number of carbonyl (C=O) groups is 1. The summed E-state index contributed by atoms with van der Waals surface area (Å²) in [5, 5.41) is 2.92. The van der Waals surface area contributed by atoms with Crippen molar-refractivity contribution in [3.05, 3.63) is 22.2 Å². The number of pyridine rings is 1. The SMILES string of the molecule is CC[Si](CC)(CC)c1cc(Br)nc([C@@]2(C)N=C(NC(=O)OC(C)(C)C)C(C)(C)[S@]3(=O)=NCCC[C@@H]23)c1F. The van der Waals surface area contributed by atoms with E-state index in [1.807, 2.05) is 6.07 Å². The Bertz CT molecular complexity index is 1210. The number of alkyl carbamates (subject to hydrolysis) is 1. The Balaban J connectivity index is 2.33. The number of rotatable bonds is 5. The van der Waals surface area contributed by atoms with Crippen molar-refractivity contribution in [2.45, 2.75) is 114 Å². The average Bonchev–Trinajstić information content (AvgIpc) is 2.80. The molecule has 0 saturated carbocycles. The fourth-order valence-corrected chi connectivity index (χ4v) is 13.3. The largest absolute Gasteiger partial charge is 0.444 e. The zero-order chi connectivity index (χ0) is 28.0. The first kappa shape index (κ1) is 30.2. The molecule has 0 aromatic carbocycles. The van der Waals surface area contributed by atoms with E-state index in [0.29, 0.717) is 17.6 Å². The maximum absolute atomic E-state index is 16.7. The highest BCUT2D eigenvalue weighted by atomic mass is 79.9. The lowest BCUT2D eigenvalue weighted by atomic mass is 9.89. The molecule has 2 aliphatic rings. The number of aliphatic imine (C=N–C) groups is 1. The summed E-state index contributed by atoms with van der Waals surface area (Å²) in [7, 11) is -5.12. The molecule has 2 aliphatic heterocycles. The van der Waals surface area contributed by atoms with Gasteiger partial charge in [-0.05, 0) is 81.6 Å². The molecule has 3 atom stereocenters. The minimum absolute atomic E-state index is 0.165. The van der Waals surface area contributed by atoms with Crippen molar-refractivity contribution in [1.29, 1.82) is 0 Å². The van der Waals surface area contributed by atoms with Crippen molar-refractivity contribution in [3.63, 3.8) is 0 Å². The first-order valence-corrected chi connectivity index (χ1v) is 18.2. The van der Waals surface area contributed by atoms with Crippen LogP contribution in [0.1, 0.15) is 80.8 Å². The van der Waals surface area contributed by atoms with E-state index in [2.05, 4.69) is 51.4 Å². The van der Waals surface area contributed by atoms with Crippen LogP contribution in [0.25, 0.3) is 0 Å². The van der Waals surface area contributed by atoms with Gasteiger partial charge in [-0.25, -0.2) is 22.7 Å². The average molecular weight is 618 g/mol. The molecule has 0 bridgehead atoms. The van der Waals surface area contributed by atoms with Gasteiger partial charge < -0.3 is 4.74 Å². The third-order valence-electron chi connectivity index (χ3n) is 8.19. The van der Waals surface area contributed by atoms with Crippen LogP contribution in [0, 0.1) is 5.82 Å². The maximum atomic E-state index is 16.7. The van der Waals surface area contributed by atoms with Gasteiger partial charge in [-0.15, -0.1) is 0 Å². The van der Waals surface area contributed by atoms with E-state index in [0.717, 1.165) is 29.7 Å². The summed E-state index contributed by atoms with van der Waals surface area (Å²) in [6.45, 7) is 17.5. The second-order valence-electron chi connectivity index (χ2n) is 11.8. The molecule has 0 aliphatic carbocycles. The molecule has 1 N–H and O–H groups in total. The molecule has 3 rings (SSSR count). The molecule has 0 radical (unpaired) electrons. The second kappa shape index (κ2) is 10.3. The van der Waals surface area contributed by atoms with Crippen LogP contribution in [-0.4, -0.2) is 51.3 Å². The molecule has 208 valence electrons. The summed E-state index contributed by atoms with van der Waals surface area (Å²) >= 11 is 3.54. The minimum atomic E-state index is -2.99. The molecular weight excluding hydrogens is 575 g/mol. The van der Waals surface area contributed by atoms with Crippen LogP contribution in [0.5, 0.6) is 0 Å². The molecule has 37 heavy (non-hydrogen) atoms. The molecule has 0 saturated heterocycles. The van der Waals surface area contributed by atoms with Gasteiger partial charge in [0.1, 0.15) is 37.8 Å². The number of nitrogens with zero attached hydrogens (tertiary/aromatic N) is 3. The van der Waals surface area contributed by atoms with Crippen molar-refractivity contribution in [3.8, 4) is 0 Å². The lowest BCUT2D eigenvalue weighted by molar-refractivity contribution is 0.0560. The zero-order valence-electron chi connectivity index (χ0n) is 23.6. The van der Waals surface area contributed by atoms with Crippen molar-refractivity contribution < 1.29 is 18.1 Å². The fourth-order valence-electron chi connectivity index (χ4n) is 5.74. The van der Waals surface area contributed by atoms with Crippen LogP contribution in [0.4, 0.5) is 9.18 Å². The highest BCUT2D eigenvalue weighted by Gasteiger charge is 2.58. The lowest BCUT2D eigenvalue weighted by Crippen LogP contribution is -2.63. The van der Waals surface area contributed by atoms with Gasteiger partial charge in [-0.2, -0.15) is 0 Å². The summed E-state index contributed by atoms with van der Waals surface area (Å²) < 4.78 is 41.0. The van der Waals surface area contributed by atoms with E-state index in [-0.39, 0.29) is 17.3 Å². The number of hydrogen-bond acceptors (Lipinski definition) is 6. The number of amidine groups is 1. The lowest BCUT2D eigenvalue weighted by Gasteiger charge is -2.48. The molecule has 0 unspecified atom stereocenters. The normalized spacial score (nSPS) is 27.5. The predicted molar refractivity (Wildman–Crippen MR) is 155 cm³/mol. The van der Waals surface area contributed by atoms with Gasteiger partial charge in [-0.1, -0.05) is 38.9 Å². The maximum Gasteiger partial charge on any atom is 0.413 e. The van der Waals surface area contributed by atoms with Crippen LogP contribution < -0.4 is 10.5 Å². The third kappa shape index (κ3) is 5.16. The molecular formula is C26H42BrFN4O3SSi. The number of aromatic nitrogens is 1. The number of ether oxygens (including phenoxy) is 1. The Labute approximate surface area is 231 Å². The molecule has 7 nitrogen and oxygen atoms in total. The monoisotopic (exact) mass is 616 g/mol. The number of amides is 1. The van der Waals surface area contributed by atoms with Gasteiger partial charge in [0.25, 0.3) is 0 Å². The van der Waals surface area contributed by atoms with E-state index < -0.39 is 45.0 Å². The first-order chi connectivity index (χ1) is 17.0. The van der Waals surface area contributed by atoms with Gasteiger partial charge in [0.15, 0.2) is 0 Å². The number of hydrogen-bond donors (Lipinski definition) is 1. The van der Waals surface area contributed by atoms with Crippen molar-refractivity contribution in [2.75, 3.05) is 6.54 Å². The van der Waals surface area contributed by atoms with Crippen LogP contribution >= 0.6 is 15.9 Å². The van der Waals surface area contributed by atoms with E-state index in [1.165, 1.54) is 0 Å². The van der Waals surface area contributed by atoms with E-state index in [4.69, 9.17) is 9.73 Å². The highest BCUT2D eigenvalue weighted by molar-refractivity contribution is 9.10. The van der Waals surface area contributed by atoms with Gasteiger partial charge in [0, 0.05) is 6.54 Å². The second-order valence-corrected chi connectivity index (χ2v) is 20.8. The Morgan fingerprint density at radius 3 is 2.38 bits per heavy atom. The van der Waals surface area contributed by atoms with E-state index in [1.54, 1.807) is 41.5 Å². The van der Waals surface area contributed by atoms with Crippen molar-refractivity contribution in [1.82, 2.24) is 10.3 Å². The summed E-state index contributed by atoms with van der Waals surface area (Å²) in [4.78, 5) is 22.5. The molecule has 0 spiro atoms. The van der Waals surface area contributed by atoms with Gasteiger partial charge in [0.05, 0.1) is 23.1 Å². The molecule has 3 heterocycles. The zero-order valence-corrected chi connectivity index (χ0v) is 27.0. The Morgan fingerprint density at radius 2 is 1.84 bits per heavy atom. The van der Waals surface area contributed by atoms with E-state index >= 15 is 4.39 Å². The van der Waals surface area contributed by atoms with Crippen LogP contribution in [0.2, 0.25) is 18.1 Å². The Kier molecular flexibility index (Phi) is 8.44. The summed E-state index contributed by atoms with van der Waals surface area (Å²) in [6, 6.07) is 4.53. The highest BCUT2D eigenvalue weighted by Crippen LogP contribution is 2.47. The minimum Gasteiger partial charge on any atom is -0.444 e. The van der Waals surface area contributed by atoms with Gasteiger partial charge in [-0.3, -0.25) is 10.3 Å². The van der Waals surface area contributed by atoms with E-state index in [9.17, 15) is 9.00 Å². The number of carbonyl (C=O) groups excluding carboxylic acids is 1. The molecule has 0 fully saturated rings. The van der Waals surface area contributed by atoms with Crippen LogP contribution in [-0.2, 0) is 20.0 Å². The fraction of sp³-hybridized carbons (Fsp3) is 0.731. The van der Waals surface area contributed by atoms with Crippen molar-refractivity contribution in [2.24, 2.45) is 9.36 Å². The topological polar surface area (TPSA) is 93.0 Å². The van der Waals surface area contributed by atoms with Crippen LogP contribution in [0.3, 0.4) is 0 Å². The van der Waals surface area contributed by atoms with Crippen molar-refractivity contribution >= 4 is 50.8 Å². The summed E-state index contributed by atoms with van der Waals surface area (Å²) in [5.74, 6) is -0.181. The summed E-state index contributed by atoms with van der Waals surface area (Å²) in [5.41, 5.74) is -1.86. The standard InChI is InChI=1S/C26H42BrFN4O3SSi/c1-10-37(11-2,12-3)17-16-19(27)30-21(20(17)28)26(9)18-14-13-15-29-36(18,34)25(7,8)22(32-26)31-23(33)35-24(4,5)6/h16,18H,10-15H2,1-9H3,(H,31,32,33)/t18-,26-,36-/m0/s1. The number of halogens is 2. The molecule has 1 aromatic rings. The Morgan fingerprint density at radius 1 is 1.24 bits per heavy atom. The molecule has 1 amide bonds. The third-order valence-corrected chi connectivity index (χ3v) is 17.9. The molecule has 11 heteroatoms. The van der Waals surface area contributed by atoms with Crippen LogP contribution in [0.15, 0.2) is 20.0 Å². The number of nitrogens with one attached hydrogen (secondary N) is 1. The number of fused-ring (bicyclic) bond motifs is 1.